The van der Waals surface area contributed by atoms with E-state index in [4.69, 9.17) is 0 Å². The Labute approximate surface area is 136 Å². The predicted molar refractivity (Wildman–Crippen MR) is 46.4 cm³/mol. The minimum absolute atomic E-state index is 0. The fourth-order valence-corrected chi connectivity index (χ4v) is 1.13. The van der Waals surface area contributed by atoms with Gasteiger partial charge >= 0.3 is 64.3 Å². The second-order valence-corrected chi connectivity index (χ2v) is 2.92. The fourth-order valence-electron chi connectivity index (χ4n) is 1.13. The summed E-state index contributed by atoms with van der Waals surface area (Å²) in [6.07, 6.45) is 0. The number of rotatable bonds is 2. The standard InChI is InChI=1S/C8H5BF5O2.K/c1-16-8(15)4-2-5(10)7(6(11)3-4)9(12,13)14;/h2-3H,1H3;/q-1;+1. The maximum Gasteiger partial charge on any atom is 1.00 e. The van der Waals surface area contributed by atoms with Crippen molar-refractivity contribution < 1.29 is 82.6 Å². The van der Waals surface area contributed by atoms with Crippen LogP contribution in [0, 0.1) is 11.6 Å². The molecule has 0 aromatic heterocycles. The fraction of sp³-hybridized carbons (Fsp3) is 0.125. The van der Waals surface area contributed by atoms with Gasteiger partial charge in [-0.2, -0.15) is 0 Å². The number of hydrogen-bond acceptors (Lipinski definition) is 2. The monoisotopic (exact) mass is 278 g/mol. The molecule has 0 atom stereocenters. The van der Waals surface area contributed by atoms with Gasteiger partial charge in [0.1, 0.15) is 0 Å². The van der Waals surface area contributed by atoms with Crippen molar-refractivity contribution in [1.29, 1.82) is 0 Å². The molecule has 88 valence electrons. The number of carbonyl (C=O) groups is 1. The van der Waals surface area contributed by atoms with E-state index in [0.717, 1.165) is 7.11 Å². The van der Waals surface area contributed by atoms with Gasteiger partial charge < -0.3 is 17.7 Å². The van der Waals surface area contributed by atoms with Crippen molar-refractivity contribution in [2.24, 2.45) is 0 Å². The van der Waals surface area contributed by atoms with E-state index >= 15 is 0 Å². The molecule has 0 amide bonds. The Bertz CT molecular complexity index is 411. The third-order valence-corrected chi connectivity index (χ3v) is 1.83. The summed E-state index contributed by atoms with van der Waals surface area (Å²) in [5, 5.41) is 0. The quantitative estimate of drug-likeness (QED) is 0.386. The predicted octanol–water partition coefficient (Wildman–Crippen LogP) is -1.19. The maximum absolute atomic E-state index is 13.0. The van der Waals surface area contributed by atoms with Crippen LogP contribution in [-0.2, 0) is 4.74 Å². The first kappa shape index (κ1) is 17.0. The van der Waals surface area contributed by atoms with Gasteiger partial charge in [-0.15, -0.1) is 0 Å². The molecular formula is C8H5BF5KO2. The third-order valence-electron chi connectivity index (χ3n) is 1.83. The molecule has 0 N–H and O–H groups in total. The zero-order chi connectivity index (χ0) is 12.5. The Morgan fingerprint density at radius 2 is 1.59 bits per heavy atom. The molecular weight excluding hydrogens is 273 g/mol. The Balaban J connectivity index is 0.00000256. The number of methoxy groups -OCH3 is 1. The van der Waals surface area contributed by atoms with Crippen molar-refractivity contribution in [1.82, 2.24) is 0 Å². The van der Waals surface area contributed by atoms with Crippen molar-refractivity contribution >= 4 is 18.4 Å². The van der Waals surface area contributed by atoms with Crippen LogP contribution in [0.4, 0.5) is 21.7 Å². The van der Waals surface area contributed by atoms with Gasteiger partial charge in [-0.1, -0.05) is 0 Å². The van der Waals surface area contributed by atoms with Crippen molar-refractivity contribution in [2.75, 3.05) is 7.11 Å². The number of hydrogen-bond donors (Lipinski definition) is 0. The van der Waals surface area contributed by atoms with Crippen LogP contribution in [-0.4, -0.2) is 20.1 Å². The molecule has 0 radical (unpaired) electrons. The summed E-state index contributed by atoms with van der Waals surface area (Å²) < 4.78 is 66.6. The number of ether oxygens (including phenoxy) is 1. The van der Waals surface area contributed by atoms with Gasteiger partial charge in [0.05, 0.1) is 24.3 Å². The summed E-state index contributed by atoms with van der Waals surface area (Å²) in [6, 6.07) is 0.582. The first-order valence-electron chi connectivity index (χ1n) is 4.04. The van der Waals surface area contributed by atoms with Gasteiger partial charge in [-0.25, -0.2) is 13.6 Å². The molecule has 1 aromatic carbocycles. The molecule has 0 aliphatic heterocycles. The van der Waals surface area contributed by atoms with E-state index in [1.807, 2.05) is 0 Å². The average molecular weight is 278 g/mol. The van der Waals surface area contributed by atoms with Crippen LogP contribution in [0.3, 0.4) is 0 Å². The summed E-state index contributed by atoms with van der Waals surface area (Å²) >= 11 is 0. The van der Waals surface area contributed by atoms with Gasteiger partial charge in [-0.3, -0.25) is 0 Å². The van der Waals surface area contributed by atoms with Crippen molar-refractivity contribution in [3.8, 4) is 0 Å². The molecule has 0 aliphatic carbocycles. The Morgan fingerprint density at radius 1 is 1.18 bits per heavy atom. The second-order valence-electron chi connectivity index (χ2n) is 2.92. The molecule has 0 aliphatic rings. The van der Waals surface area contributed by atoms with Gasteiger partial charge in [0.25, 0.3) is 0 Å². The number of halogens is 5. The van der Waals surface area contributed by atoms with Gasteiger partial charge in [0.15, 0.2) is 0 Å². The molecule has 1 rings (SSSR count). The van der Waals surface area contributed by atoms with Crippen LogP contribution in [0.5, 0.6) is 0 Å². The summed E-state index contributed by atoms with van der Waals surface area (Å²) in [5.41, 5.74) is -2.58. The largest absolute Gasteiger partial charge is 1.00 e. The molecule has 0 heterocycles. The van der Waals surface area contributed by atoms with Crippen molar-refractivity contribution in [2.45, 2.75) is 0 Å². The Morgan fingerprint density at radius 3 is 1.88 bits per heavy atom. The topological polar surface area (TPSA) is 26.3 Å². The first-order chi connectivity index (χ1) is 7.27. The summed E-state index contributed by atoms with van der Waals surface area (Å²) in [4.78, 5) is 10.8. The molecule has 0 saturated carbocycles. The summed E-state index contributed by atoms with van der Waals surface area (Å²) in [7, 11) is 0.944. The van der Waals surface area contributed by atoms with E-state index in [9.17, 15) is 26.5 Å². The Hall–Kier alpha value is 0.0413. The van der Waals surface area contributed by atoms with E-state index in [-0.39, 0.29) is 51.4 Å². The molecule has 1 aromatic rings. The van der Waals surface area contributed by atoms with Crippen LogP contribution in [0.25, 0.3) is 0 Å². The zero-order valence-electron chi connectivity index (χ0n) is 8.94. The van der Waals surface area contributed by atoms with Gasteiger partial charge in [-0.05, 0) is 17.6 Å². The van der Waals surface area contributed by atoms with Gasteiger partial charge in [0.2, 0.25) is 0 Å². The molecule has 0 fully saturated rings. The van der Waals surface area contributed by atoms with E-state index in [1.54, 1.807) is 0 Å². The molecule has 0 spiro atoms. The van der Waals surface area contributed by atoms with E-state index in [2.05, 4.69) is 4.74 Å². The summed E-state index contributed by atoms with van der Waals surface area (Å²) in [6.45, 7) is -5.80. The van der Waals surface area contributed by atoms with Gasteiger partial charge in [0, 0.05) is 0 Å². The zero-order valence-corrected chi connectivity index (χ0v) is 12.1. The number of esters is 1. The van der Waals surface area contributed by atoms with Crippen molar-refractivity contribution in [3.05, 3.63) is 29.3 Å². The normalized spacial score (nSPS) is 10.7. The van der Waals surface area contributed by atoms with Crippen LogP contribution < -0.4 is 56.8 Å². The molecule has 2 nitrogen and oxygen atoms in total. The van der Waals surface area contributed by atoms with Crippen LogP contribution in [0.1, 0.15) is 10.4 Å². The number of benzene rings is 1. The van der Waals surface area contributed by atoms with Crippen LogP contribution in [0.2, 0.25) is 0 Å². The van der Waals surface area contributed by atoms with Crippen LogP contribution in [0.15, 0.2) is 12.1 Å². The molecule has 0 saturated heterocycles. The average Bonchev–Trinajstić information content (AvgIpc) is 2.13. The third kappa shape index (κ3) is 4.02. The van der Waals surface area contributed by atoms with E-state index in [1.165, 1.54) is 0 Å². The first-order valence-corrected chi connectivity index (χ1v) is 4.04. The maximum atomic E-state index is 13.0. The van der Waals surface area contributed by atoms with Crippen molar-refractivity contribution in [3.63, 3.8) is 0 Å². The second kappa shape index (κ2) is 6.28. The number of carbonyl (C=O) groups excluding carboxylic acids is 1. The minimum Gasteiger partial charge on any atom is -0.465 e. The molecule has 0 unspecified atom stereocenters. The smallest absolute Gasteiger partial charge is 0.465 e. The molecule has 0 bridgehead atoms. The van der Waals surface area contributed by atoms with E-state index < -0.39 is 35.6 Å². The summed E-state index contributed by atoms with van der Waals surface area (Å²) in [5.74, 6) is -4.76. The van der Waals surface area contributed by atoms with E-state index in [0.29, 0.717) is 12.1 Å². The van der Waals surface area contributed by atoms with Crippen LogP contribution >= 0.6 is 0 Å². The minimum atomic E-state index is -5.80. The molecule has 17 heavy (non-hydrogen) atoms. The SMILES string of the molecule is COC(=O)c1cc(F)c([B-](F)(F)F)c(F)c1.[K+]. The molecule has 9 heteroatoms. The Kier molecular flexibility index (Phi) is 6.29.